The number of aryl methyl sites for hydroxylation is 2. The number of anilines is 2. The van der Waals surface area contributed by atoms with E-state index < -0.39 is 24.4 Å². The number of nitrogens with one attached hydrogen (secondary N) is 1. The first kappa shape index (κ1) is 19.9. The molecule has 1 heterocycles. The third-order valence-corrected chi connectivity index (χ3v) is 4.80. The van der Waals surface area contributed by atoms with E-state index in [9.17, 15) is 14.4 Å². The van der Waals surface area contributed by atoms with Gasteiger partial charge in [-0.05, 0) is 49.2 Å². The zero-order valence-corrected chi connectivity index (χ0v) is 16.5. The Morgan fingerprint density at radius 1 is 1.21 bits per heavy atom. The van der Waals surface area contributed by atoms with Crippen LogP contribution in [0.1, 0.15) is 17.5 Å². The molecular weight excluding hydrogens is 380 g/mol. The molecular formula is C21H21ClN2O4. The molecule has 1 aliphatic heterocycles. The maximum Gasteiger partial charge on any atom is 0.311 e. The predicted molar refractivity (Wildman–Crippen MR) is 107 cm³/mol. The molecule has 0 unspecified atom stereocenters. The average molecular weight is 401 g/mol. The molecule has 1 fully saturated rings. The number of halogens is 1. The highest BCUT2D eigenvalue weighted by molar-refractivity contribution is 6.30. The third kappa shape index (κ3) is 4.70. The summed E-state index contributed by atoms with van der Waals surface area (Å²) < 4.78 is 5.11. The van der Waals surface area contributed by atoms with Crippen LogP contribution in [0.2, 0.25) is 5.02 Å². The van der Waals surface area contributed by atoms with E-state index in [1.165, 1.54) is 0 Å². The van der Waals surface area contributed by atoms with E-state index in [2.05, 4.69) is 5.32 Å². The fraction of sp³-hybridized carbons (Fsp3) is 0.286. The molecule has 0 aromatic heterocycles. The van der Waals surface area contributed by atoms with Crippen molar-refractivity contribution in [1.82, 2.24) is 0 Å². The van der Waals surface area contributed by atoms with Crippen molar-refractivity contribution < 1.29 is 19.1 Å². The summed E-state index contributed by atoms with van der Waals surface area (Å²) in [6.45, 7) is 3.71. The number of nitrogens with zero attached hydrogens (tertiary/aromatic N) is 1. The van der Waals surface area contributed by atoms with Crippen LogP contribution in [0.4, 0.5) is 11.4 Å². The molecule has 3 rings (SSSR count). The van der Waals surface area contributed by atoms with Crippen LogP contribution in [0.25, 0.3) is 0 Å². The van der Waals surface area contributed by atoms with E-state index >= 15 is 0 Å². The number of esters is 1. The largest absolute Gasteiger partial charge is 0.455 e. The molecule has 146 valence electrons. The Hall–Kier alpha value is -2.86. The lowest BCUT2D eigenvalue weighted by atomic mass is 10.1. The molecule has 1 saturated heterocycles. The first-order chi connectivity index (χ1) is 13.3. The summed E-state index contributed by atoms with van der Waals surface area (Å²) in [5, 5.41) is 3.10. The van der Waals surface area contributed by atoms with Gasteiger partial charge in [-0.25, -0.2) is 0 Å². The summed E-state index contributed by atoms with van der Waals surface area (Å²) in [6.07, 6.45) is 0.0716. The Morgan fingerprint density at radius 3 is 2.75 bits per heavy atom. The number of hydrogen-bond donors (Lipinski definition) is 1. The summed E-state index contributed by atoms with van der Waals surface area (Å²) in [6, 6.07) is 12.5. The molecule has 0 aliphatic carbocycles. The monoisotopic (exact) mass is 400 g/mol. The fourth-order valence-electron chi connectivity index (χ4n) is 3.13. The highest BCUT2D eigenvalue weighted by atomic mass is 35.5. The minimum absolute atomic E-state index is 0.0716. The van der Waals surface area contributed by atoms with Gasteiger partial charge in [0.05, 0.1) is 5.92 Å². The van der Waals surface area contributed by atoms with Crippen molar-refractivity contribution in [2.75, 3.05) is 23.4 Å². The molecule has 2 amide bonds. The van der Waals surface area contributed by atoms with Crippen molar-refractivity contribution in [2.24, 2.45) is 5.92 Å². The van der Waals surface area contributed by atoms with Gasteiger partial charge in [-0.1, -0.05) is 29.8 Å². The maximum absolute atomic E-state index is 12.4. The first-order valence-electron chi connectivity index (χ1n) is 8.93. The molecule has 7 heteroatoms. The average Bonchev–Trinajstić information content (AvgIpc) is 3.03. The molecule has 2 aromatic carbocycles. The second-order valence-electron chi connectivity index (χ2n) is 6.86. The number of benzene rings is 2. The second kappa shape index (κ2) is 8.44. The molecule has 0 saturated carbocycles. The van der Waals surface area contributed by atoms with E-state index in [1.807, 2.05) is 32.0 Å². The molecule has 0 bridgehead atoms. The van der Waals surface area contributed by atoms with Crippen molar-refractivity contribution in [3.63, 3.8) is 0 Å². The van der Waals surface area contributed by atoms with Gasteiger partial charge in [0.15, 0.2) is 6.61 Å². The van der Waals surface area contributed by atoms with Gasteiger partial charge in [-0.15, -0.1) is 0 Å². The summed E-state index contributed by atoms with van der Waals surface area (Å²) in [7, 11) is 0. The molecule has 1 N–H and O–H groups in total. The number of carbonyl (C=O) groups excluding carboxylic acids is 3. The Balaban J connectivity index is 1.56. The predicted octanol–water partition coefficient (Wildman–Crippen LogP) is 3.49. The molecule has 0 spiro atoms. The topological polar surface area (TPSA) is 75.7 Å². The Labute approximate surface area is 168 Å². The lowest BCUT2D eigenvalue weighted by Crippen LogP contribution is -2.28. The fourth-order valence-corrected chi connectivity index (χ4v) is 3.32. The maximum atomic E-state index is 12.4. The van der Waals surface area contributed by atoms with Gasteiger partial charge >= 0.3 is 5.97 Å². The van der Waals surface area contributed by atoms with E-state index in [4.69, 9.17) is 16.3 Å². The Morgan fingerprint density at radius 2 is 2.00 bits per heavy atom. The van der Waals surface area contributed by atoms with Crippen molar-refractivity contribution in [3.8, 4) is 0 Å². The van der Waals surface area contributed by atoms with Crippen LogP contribution in [-0.2, 0) is 19.1 Å². The quantitative estimate of drug-likeness (QED) is 0.779. The van der Waals surface area contributed by atoms with Crippen LogP contribution >= 0.6 is 11.6 Å². The molecule has 2 aromatic rings. The smallest absolute Gasteiger partial charge is 0.311 e. The SMILES string of the molecule is Cc1ccc(C)c(N2C[C@@H](C(=O)OCC(=O)Nc3cccc(Cl)c3)CC2=O)c1. The molecule has 1 aliphatic rings. The van der Waals surface area contributed by atoms with Crippen LogP contribution in [0, 0.1) is 19.8 Å². The lowest BCUT2D eigenvalue weighted by Gasteiger charge is -2.19. The Bertz CT molecular complexity index is 928. The van der Waals surface area contributed by atoms with E-state index in [0.717, 1.165) is 16.8 Å². The number of ether oxygens (including phenoxy) is 1. The van der Waals surface area contributed by atoms with Crippen molar-refractivity contribution >= 4 is 40.8 Å². The zero-order valence-electron chi connectivity index (χ0n) is 15.7. The second-order valence-corrected chi connectivity index (χ2v) is 7.30. The van der Waals surface area contributed by atoms with Crippen LogP contribution in [0.3, 0.4) is 0 Å². The molecule has 28 heavy (non-hydrogen) atoms. The standard InChI is InChI=1S/C21H21ClN2O4/c1-13-6-7-14(2)18(8-13)24-11-15(9-20(24)26)21(27)28-12-19(25)23-17-5-3-4-16(22)10-17/h3-8,10,15H,9,11-12H2,1-2H3,(H,23,25)/t15-/m0/s1. The van der Waals surface area contributed by atoms with Gasteiger partial charge in [-0.2, -0.15) is 0 Å². The number of amides is 2. The van der Waals surface area contributed by atoms with Gasteiger partial charge < -0.3 is 15.0 Å². The van der Waals surface area contributed by atoms with Crippen LogP contribution in [0.5, 0.6) is 0 Å². The van der Waals surface area contributed by atoms with Crippen LogP contribution < -0.4 is 10.2 Å². The number of hydrogen-bond acceptors (Lipinski definition) is 4. The van der Waals surface area contributed by atoms with E-state index in [-0.39, 0.29) is 18.9 Å². The number of carbonyl (C=O) groups is 3. The molecule has 6 nitrogen and oxygen atoms in total. The minimum Gasteiger partial charge on any atom is -0.455 e. The van der Waals surface area contributed by atoms with Crippen LogP contribution in [0.15, 0.2) is 42.5 Å². The Kier molecular flexibility index (Phi) is 5.99. The van der Waals surface area contributed by atoms with E-state index in [0.29, 0.717) is 10.7 Å². The normalized spacial score (nSPS) is 16.2. The highest BCUT2D eigenvalue weighted by Crippen LogP contribution is 2.29. The van der Waals surface area contributed by atoms with Crippen molar-refractivity contribution in [1.29, 1.82) is 0 Å². The van der Waals surface area contributed by atoms with Gasteiger partial charge in [-0.3, -0.25) is 14.4 Å². The first-order valence-corrected chi connectivity index (χ1v) is 9.31. The zero-order chi connectivity index (χ0) is 20.3. The molecule has 1 atom stereocenters. The van der Waals surface area contributed by atoms with Gasteiger partial charge in [0.1, 0.15) is 0 Å². The summed E-state index contributed by atoms with van der Waals surface area (Å²) in [5.41, 5.74) is 3.33. The lowest BCUT2D eigenvalue weighted by molar-refractivity contribution is -0.151. The van der Waals surface area contributed by atoms with Crippen molar-refractivity contribution in [2.45, 2.75) is 20.3 Å². The molecule has 0 radical (unpaired) electrons. The van der Waals surface area contributed by atoms with Crippen molar-refractivity contribution in [3.05, 3.63) is 58.6 Å². The van der Waals surface area contributed by atoms with E-state index in [1.54, 1.807) is 29.2 Å². The van der Waals surface area contributed by atoms with Gasteiger partial charge in [0, 0.05) is 29.4 Å². The van der Waals surface area contributed by atoms with Gasteiger partial charge in [0.2, 0.25) is 5.91 Å². The number of rotatable bonds is 5. The summed E-state index contributed by atoms with van der Waals surface area (Å²) in [4.78, 5) is 38.3. The van der Waals surface area contributed by atoms with Crippen LogP contribution in [-0.4, -0.2) is 30.9 Å². The summed E-state index contributed by atoms with van der Waals surface area (Å²) >= 11 is 5.87. The third-order valence-electron chi connectivity index (χ3n) is 4.57. The minimum atomic E-state index is -0.591. The van der Waals surface area contributed by atoms with Gasteiger partial charge in [0.25, 0.3) is 5.91 Å². The summed E-state index contributed by atoms with van der Waals surface area (Å²) in [5.74, 6) is -1.74. The highest BCUT2D eigenvalue weighted by Gasteiger charge is 2.36.